The molecule has 0 heterocycles. The van der Waals surface area contributed by atoms with Gasteiger partial charge in [-0.05, 0) is 12.1 Å². The zero-order valence-corrected chi connectivity index (χ0v) is 10.5. The maximum absolute atomic E-state index is 10.1. The van der Waals surface area contributed by atoms with Crippen molar-refractivity contribution in [3.8, 4) is 0 Å². The Kier molecular flexibility index (Phi) is 5.67. The molecule has 0 atom stereocenters. The van der Waals surface area contributed by atoms with Gasteiger partial charge in [0.25, 0.3) is 0 Å². The number of para-hydroxylation sites is 1. The fourth-order valence-electron chi connectivity index (χ4n) is 1.14. The zero-order valence-electron chi connectivity index (χ0n) is 9.61. The quantitative estimate of drug-likeness (QED) is 0.495. The van der Waals surface area contributed by atoms with E-state index in [1.165, 1.54) is 0 Å². The maximum Gasteiger partial charge on any atom is 0.150 e. The van der Waals surface area contributed by atoms with E-state index in [0.29, 0.717) is 11.1 Å². The molecule has 2 N–H and O–H groups in total. The van der Waals surface area contributed by atoms with Crippen molar-refractivity contribution in [2.75, 3.05) is 5.73 Å². The molecule has 18 heavy (non-hydrogen) atoms. The summed E-state index contributed by atoms with van der Waals surface area (Å²) >= 11 is 4.07. The fraction of sp³-hybridized carbons (Fsp3) is 0. The Morgan fingerprint density at radius 2 is 1.28 bits per heavy atom. The molecule has 0 fully saturated rings. The first-order valence-electron chi connectivity index (χ1n) is 5.21. The Bertz CT molecular complexity index is 476. The minimum atomic E-state index is 0.589. The van der Waals surface area contributed by atoms with E-state index >= 15 is 0 Å². The average molecular weight is 259 g/mol. The van der Waals surface area contributed by atoms with Crippen molar-refractivity contribution in [1.29, 1.82) is 0 Å². The third kappa shape index (κ3) is 4.43. The zero-order chi connectivity index (χ0) is 13.4. The van der Waals surface area contributed by atoms with E-state index in [0.717, 1.165) is 23.2 Å². The lowest BCUT2D eigenvalue weighted by Crippen LogP contribution is -1.83. The highest BCUT2D eigenvalue weighted by Crippen LogP contribution is 2.13. The monoisotopic (exact) mass is 259 g/mol. The predicted molar refractivity (Wildman–Crippen MR) is 75.3 cm³/mol. The molecule has 0 aliphatic carbocycles. The molecular formula is C14H13NO2S. The summed E-state index contributed by atoms with van der Waals surface area (Å²) in [6.45, 7) is 0. The van der Waals surface area contributed by atoms with E-state index < -0.39 is 0 Å². The van der Waals surface area contributed by atoms with Gasteiger partial charge in [-0.2, -0.15) is 0 Å². The SMILES string of the molecule is Nc1ccccc1S.O=Cc1ccc(C=O)cc1. The fourth-order valence-corrected chi connectivity index (χ4v) is 1.30. The number of benzene rings is 2. The molecule has 0 radical (unpaired) electrons. The lowest BCUT2D eigenvalue weighted by atomic mass is 10.2. The van der Waals surface area contributed by atoms with Crippen molar-refractivity contribution in [1.82, 2.24) is 0 Å². The van der Waals surface area contributed by atoms with Crippen molar-refractivity contribution in [3.05, 3.63) is 59.7 Å². The Morgan fingerprint density at radius 3 is 1.56 bits per heavy atom. The molecule has 2 rings (SSSR count). The number of aldehydes is 2. The van der Waals surface area contributed by atoms with E-state index in [4.69, 9.17) is 5.73 Å². The normalized spacial score (nSPS) is 8.94. The van der Waals surface area contributed by atoms with Gasteiger partial charge in [0.2, 0.25) is 0 Å². The van der Waals surface area contributed by atoms with Crippen LogP contribution >= 0.6 is 12.6 Å². The average Bonchev–Trinajstić information content (AvgIpc) is 2.43. The molecule has 0 aromatic heterocycles. The topological polar surface area (TPSA) is 60.2 Å². The van der Waals surface area contributed by atoms with Gasteiger partial charge in [0.15, 0.2) is 0 Å². The first-order chi connectivity index (χ1) is 8.67. The van der Waals surface area contributed by atoms with E-state index in [2.05, 4.69) is 12.6 Å². The van der Waals surface area contributed by atoms with Crippen molar-refractivity contribution in [2.45, 2.75) is 4.90 Å². The van der Waals surface area contributed by atoms with Crippen LogP contribution in [0.15, 0.2) is 53.4 Å². The van der Waals surface area contributed by atoms with E-state index in [9.17, 15) is 9.59 Å². The first kappa shape index (κ1) is 14.0. The molecule has 2 aromatic rings. The molecule has 0 unspecified atom stereocenters. The second-order valence-corrected chi connectivity index (χ2v) is 3.94. The predicted octanol–water partition coefficient (Wildman–Crippen LogP) is 2.87. The summed E-state index contributed by atoms with van der Waals surface area (Å²) in [7, 11) is 0. The molecule has 0 saturated heterocycles. The summed E-state index contributed by atoms with van der Waals surface area (Å²) in [5.41, 5.74) is 7.35. The number of carbonyl (C=O) groups is 2. The van der Waals surface area contributed by atoms with Crippen LogP contribution in [-0.4, -0.2) is 12.6 Å². The van der Waals surface area contributed by atoms with Crippen molar-refractivity contribution < 1.29 is 9.59 Å². The molecular weight excluding hydrogens is 246 g/mol. The summed E-state index contributed by atoms with van der Waals surface area (Å²) in [4.78, 5) is 21.1. The smallest absolute Gasteiger partial charge is 0.150 e. The van der Waals surface area contributed by atoms with Gasteiger partial charge in [-0.1, -0.05) is 36.4 Å². The number of carbonyl (C=O) groups excluding carboxylic acids is 2. The molecule has 0 bridgehead atoms. The molecule has 4 heteroatoms. The van der Waals surface area contributed by atoms with Crippen LogP contribution in [-0.2, 0) is 0 Å². The number of hydrogen-bond acceptors (Lipinski definition) is 4. The highest BCUT2D eigenvalue weighted by atomic mass is 32.1. The molecule has 0 amide bonds. The molecule has 0 aliphatic heterocycles. The number of hydrogen-bond donors (Lipinski definition) is 2. The Morgan fingerprint density at radius 1 is 0.833 bits per heavy atom. The van der Waals surface area contributed by atoms with E-state index in [-0.39, 0.29) is 0 Å². The maximum atomic E-state index is 10.1. The van der Waals surface area contributed by atoms with Gasteiger partial charge in [0.1, 0.15) is 12.6 Å². The largest absolute Gasteiger partial charge is 0.398 e. The van der Waals surface area contributed by atoms with Crippen LogP contribution in [0.5, 0.6) is 0 Å². The van der Waals surface area contributed by atoms with Gasteiger partial charge in [0, 0.05) is 21.7 Å². The third-order valence-electron chi connectivity index (χ3n) is 2.15. The summed E-state index contributed by atoms with van der Waals surface area (Å²) in [6, 6.07) is 13.9. The summed E-state index contributed by atoms with van der Waals surface area (Å²) in [5, 5.41) is 0. The highest BCUT2D eigenvalue weighted by Gasteiger charge is 1.89. The van der Waals surface area contributed by atoms with Crippen LogP contribution < -0.4 is 5.73 Å². The van der Waals surface area contributed by atoms with Gasteiger partial charge in [-0.3, -0.25) is 9.59 Å². The van der Waals surface area contributed by atoms with Gasteiger partial charge in [0.05, 0.1) is 0 Å². The van der Waals surface area contributed by atoms with Crippen molar-refractivity contribution in [2.24, 2.45) is 0 Å². The number of rotatable bonds is 2. The number of nitrogen functional groups attached to an aromatic ring is 1. The molecule has 92 valence electrons. The number of nitrogens with two attached hydrogens (primary N) is 1. The first-order valence-corrected chi connectivity index (χ1v) is 5.66. The van der Waals surface area contributed by atoms with Gasteiger partial charge in [-0.25, -0.2) is 0 Å². The number of anilines is 1. The molecule has 0 aliphatic rings. The highest BCUT2D eigenvalue weighted by molar-refractivity contribution is 7.80. The Balaban J connectivity index is 0.000000184. The molecule has 0 spiro atoms. The Labute approximate surface area is 111 Å². The van der Waals surface area contributed by atoms with Gasteiger partial charge >= 0.3 is 0 Å². The minimum absolute atomic E-state index is 0.589. The summed E-state index contributed by atoms with van der Waals surface area (Å²) in [5.74, 6) is 0. The third-order valence-corrected chi connectivity index (χ3v) is 2.55. The van der Waals surface area contributed by atoms with Crippen LogP contribution in [0.3, 0.4) is 0 Å². The molecule has 0 saturated carbocycles. The van der Waals surface area contributed by atoms with Crippen molar-refractivity contribution >= 4 is 30.9 Å². The second kappa shape index (κ2) is 7.29. The standard InChI is InChI=1S/C8H6O2.C6H7NS/c9-5-7-1-2-8(6-10)4-3-7;7-5-3-1-2-4-6(5)8/h1-6H;1-4,8H,7H2. The second-order valence-electron chi connectivity index (χ2n) is 3.46. The van der Waals surface area contributed by atoms with E-state index in [1.54, 1.807) is 24.3 Å². The minimum Gasteiger partial charge on any atom is -0.398 e. The lowest BCUT2D eigenvalue weighted by Gasteiger charge is -1.92. The van der Waals surface area contributed by atoms with Gasteiger partial charge in [-0.15, -0.1) is 12.6 Å². The summed E-state index contributed by atoms with van der Waals surface area (Å²) < 4.78 is 0. The van der Waals surface area contributed by atoms with Crippen LogP contribution in [0.4, 0.5) is 5.69 Å². The van der Waals surface area contributed by atoms with Crippen LogP contribution in [0.1, 0.15) is 20.7 Å². The molecule has 2 aromatic carbocycles. The van der Waals surface area contributed by atoms with Crippen LogP contribution in [0.2, 0.25) is 0 Å². The lowest BCUT2D eigenvalue weighted by molar-refractivity contribution is 0.111. The van der Waals surface area contributed by atoms with Crippen LogP contribution in [0, 0.1) is 0 Å². The summed E-state index contributed by atoms with van der Waals surface area (Å²) in [6.07, 6.45) is 1.49. The number of thiol groups is 1. The van der Waals surface area contributed by atoms with Crippen LogP contribution in [0.25, 0.3) is 0 Å². The van der Waals surface area contributed by atoms with Gasteiger partial charge < -0.3 is 5.73 Å². The van der Waals surface area contributed by atoms with Crippen molar-refractivity contribution in [3.63, 3.8) is 0 Å². The van der Waals surface area contributed by atoms with E-state index in [1.807, 2.05) is 24.3 Å². The Hall–Kier alpha value is -2.07. The molecule has 3 nitrogen and oxygen atoms in total.